The summed E-state index contributed by atoms with van der Waals surface area (Å²) in [7, 11) is 0. The van der Waals surface area contributed by atoms with Gasteiger partial charge in [0.2, 0.25) is 0 Å². The van der Waals surface area contributed by atoms with Gasteiger partial charge in [-0.3, -0.25) is 0 Å². The Kier molecular flexibility index (Phi) is 3.05. The lowest BCUT2D eigenvalue weighted by molar-refractivity contribution is 0.385. The first-order chi connectivity index (χ1) is 7.20. The molecule has 0 radical (unpaired) electrons. The summed E-state index contributed by atoms with van der Waals surface area (Å²) in [5.41, 5.74) is 5.86. The lowest BCUT2D eigenvalue weighted by Crippen LogP contribution is -2.24. The molecule has 0 spiro atoms. The molecule has 1 aromatic rings. The first-order valence-electron chi connectivity index (χ1n) is 5.90. The van der Waals surface area contributed by atoms with E-state index in [1.165, 1.54) is 12.8 Å². The lowest BCUT2D eigenvalue weighted by atomic mass is 9.93. The van der Waals surface area contributed by atoms with Crippen molar-refractivity contribution in [2.75, 3.05) is 0 Å². The Labute approximate surface area is 90.9 Å². The highest BCUT2D eigenvalue weighted by molar-refractivity contribution is 5.03. The molecule has 0 aliphatic carbocycles. The molecule has 1 aliphatic rings. The van der Waals surface area contributed by atoms with E-state index in [1.807, 2.05) is 0 Å². The summed E-state index contributed by atoms with van der Waals surface area (Å²) in [6, 6.07) is 0.253. The molecular formula is C11H20N4. The highest BCUT2D eigenvalue weighted by Gasteiger charge is 2.24. The summed E-state index contributed by atoms with van der Waals surface area (Å²) in [4.78, 5) is 4.60. The minimum atomic E-state index is 0.253. The van der Waals surface area contributed by atoms with Crippen molar-refractivity contribution in [2.45, 2.75) is 58.0 Å². The minimum absolute atomic E-state index is 0.253. The van der Waals surface area contributed by atoms with Gasteiger partial charge in [0, 0.05) is 24.9 Å². The Hall–Kier alpha value is -0.900. The van der Waals surface area contributed by atoms with Gasteiger partial charge < -0.3 is 5.73 Å². The second-order valence-corrected chi connectivity index (χ2v) is 4.52. The molecule has 0 saturated carbocycles. The number of aryl methyl sites for hydroxylation is 2. The molecule has 2 rings (SSSR count). The van der Waals surface area contributed by atoms with E-state index >= 15 is 0 Å². The van der Waals surface area contributed by atoms with Crippen molar-refractivity contribution in [3.63, 3.8) is 0 Å². The maximum absolute atomic E-state index is 5.86. The van der Waals surface area contributed by atoms with Gasteiger partial charge in [-0.05, 0) is 26.2 Å². The third-order valence-electron chi connectivity index (χ3n) is 3.00. The topological polar surface area (TPSA) is 56.7 Å². The third-order valence-corrected chi connectivity index (χ3v) is 3.00. The fourth-order valence-corrected chi connectivity index (χ4v) is 2.31. The highest BCUT2D eigenvalue weighted by Crippen LogP contribution is 2.29. The number of nitrogens with two attached hydrogens (primary N) is 1. The van der Waals surface area contributed by atoms with Crippen LogP contribution in [0.5, 0.6) is 0 Å². The number of fused-ring (bicyclic) bond motifs is 1. The Balaban J connectivity index is 2.21. The Morgan fingerprint density at radius 2 is 2.40 bits per heavy atom. The number of aromatic nitrogens is 3. The predicted octanol–water partition coefficient (Wildman–Crippen LogP) is 1.46. The first kappa shape index (κ1) is 10.6. The van der Waals surface area contributed by atoms with Crippen LogP contribution in [0.1, 0.15) is 50.7 Å². The quantitative estimate of drug-likeness (QED) is 0.818. The van der Waals surface area contributed by atoms with E-state index in [2.05, 4.69) is 28.6 Å². The van der Waals surface area contributed by atoms with Gasteiger partial charge in [0.1, 0.15) is 5.82 Å². The van der Waals surface area contributed by atoms with Crippen LogP contribution >= 0.6 is 0 Å². The average Bonchev–Trinajstić information content (AvgIpc) is 2.61. The standard InChI is InChI=1S/C11H20N4/c1-3-10-13-11-9(7-8(2)12)5-4-6-15(11)14-10/h8-9H,3-7,12H2,1-2H3. The maximum atomic E-state index is 5.86. The minimum Gasteiger partial charge on any atom is -0.328 e. The molecule has 2 heterocycles. The number of rotatable bonds is 3. The molecule has 4 heteroatoms. The second-order valence-electron chi connectivity index (χ2n) is 4.52. The van der Waals surface area contributed by atoms with Crippen molar-refractivity contribution < 1.29 is 0 Å². The molecule has 4 nitrogen and oxygen atoms in total. The average molecular weight is 208 g/mol. The summed E-state index contributed by atoms with van der Waals surface area (Å²) in [5, 5.41) is 4.49. The molecule has 1 aromatic heterocycles. The van der Waals surface area contributed by atoms with Crippen LogP contribution in [0, 0.1) is 0 Å². The van der Waals surface area contributed by atoms with E-state index in [1.54, 1.807) is 0 Å². The van der Waals surface area contributed by atoms with Gasteiger partial charge in [-0.25, -0.2) is 9.67 Å². The van der Waals surface area contributed by atoms with E-state index in [-0.39, 0.29) is 6.04 Å². The smallest absolute Gasteiger partial charge is 0.150 e. The largest absolute Gasteiger partial charge is 0.328 e. The van der Waals surface area contributed by atoms with Crippen molar-refractivity contribution in [2.24, 2.45) is 5.73 Å². The van der Waals surface area contributed by atoms with E-state index < -0.39 is 0 Å². The highest BCUT2D eigenvalue weighted by atomic mass is 15.4. The molecule has 2 unspecified atom stereocenters. The zero-order chi connectivity index (χ0) is 10.8. The van der Waals surface area contributed by atoms with Gasteiger partial charge in [0.15, 0.2) is 5.82 Å². The number of nitrogens with zero attached hydrogens (tertiary/aromatic N) is 3. The van der Waals surface area contributed by atoms with Gasteiger partial charge in [-0.1, -0.05) is 6.92 Å². The van der Waals surface area contributed by atoms with Crippen LogP contribution < -0.4 is 5.73 Å². The maximum Gasteiger partial charge on any atom is 0.150 e. The summed E-state index contributed by atoms with van der Waals surface area (Å²) in [5.74, 6) is 2.66. The fourth-order valence-electron chi connectivity index (χ4n) is 2.31. The summed E-state index contributed by atoms with van der Waals surface area (Å²) >= 11 is 0. The molecule has 15 heavy (non-hydrogen) atoms. The van der Waals surface area contributed by atoms with Gasteiger partial charge in [-0.2, -0.15) is 5.10 Å². The van der Waals surface area contributed by atoms with E-state index in [0.717, 1.165) is 31.0 Å². The Morgan fingerprint density at radius 1 is 1.60 bits per heavy atom. The summed E-state index contributed by atoms with van der Waals surface area (Å²) in [6.45, 7) is 5.19. The Morgan fingerprint density at radius 3 is 3.07 bits per heavy atom. The first-order valence-corrected chi connectivity index (χ1v) is 5.90. The zero-order valence-electron chi connectivity index (χ0n) is 9.61. The Bertz CT molecular complexity index is 329. The van der Waals surface area contributed by atoms with Crippen molar-refractivity contribution in [1.29, 1.82) is 0 Å². The summed E-state index contributed by atoms with van der Waals surface area (Å²) < 4.78 is 2.08. The van der Waals surface area contributed by atoms with E-state index in [9.17, 15) is 0 Å². The predicted molar refractivity (Wildman–Crippen MR) is 59.6 cm³/mol. The van der Waals surface area contributed by atoms with Crippen LogP contribution in [0.3, 0.4) is 0 Å². The zero-order valence-corrected chi connectivity index (χ0v) is 9.61. The molecule has 0 aromatic carbocycles. The molecule has 2 atom stereocenters. The van der Waals surface area contributed by atoms with Gasteiger partial charge in [0.05, 0.1) is 0 Å². The normalized spacial score (nSPS) is 22.5. The molecule has 0 fully saturated rings. The van der Waals surface area contributed by atoms with Crippen LogP contribution in [0.15, 0.2) is 0 Å². The molecule has 1 aliphatic heterocycles. The summed E-state index contributed by atoms with van der Waals surface area (Å²) in [6.07, 6.45) is 4.37. The van der Waals surface area contributed by atoms with Crippen LogP contribution in [-0.4, -0.2) is 20.8 Å². The monoisotopic (exact) mass is 208 g/mol. The van der Waals surface area contributed by atoms with Crippen molar-refractivity contribution >= 4 is 0 Å². The van der Waals surface area contributed by atoms with E-state index in [4.69, 9.17) is 5.73 Å². The van der Waals surface area contributed by atoms with Gasteiger partial charge in [0.25, 0.3) is 0 Å². The lowest BCUT2D eigenvalue weighted by Gasteiger charge is -2.23. The molecule has 0 bridgehead atoms. The van der Waals surface area contributed by atoms with Crippen molar-refractivity contribution in [3.8, 4) is 0 Å². The fraction of sp³-hybridized carbons (Fsp3) is 0.818. The van der Waals surface area contributed by atoms with Crippen molar-refractivity contribution in [3.05, 3.63) is 11.6 Å². The van der Waals surface area contributed by atoms with Gasteiger partial charge in [-0.15, -0.1) is 0 Å². The SMILES string of the molecule is CCc1nc2n(n1)CCCC2CC(C)N. The molecule has 0 amide bonds. The van der Waals surface area contributed by atoms with Crippen LogP contribution in [0.25, 0.3) is 0 Å². The molecule has 0 saturated heterocycles. The van der Waals surface area contributed by atoms with Gasteiger partial charge >= 0.3 is 0 Å². The number of hydrogen-bond acceptors (Lipinski definition) is 3. The second kappa shape index (κ2) is 4.31. The van der Waals surface area contributed by atoms with Crippen LogP contribution in [0.4, 0.5) is 0 Å². The molecular weight excluding hydrogens is 188 g/mol. The van der Waals surface area contributed by atoms with Crippen LogP contribution in [0.2, 0.25) is 0 Å². The van der Waals surface area contributed by atoms with E-state index in [0.29, 0.717) is 5.92 Å². The molecule has 84 valence electrons. The van der Waals surface area contributed by atoms with Crippen molar-refractivity contribution in [1.82, 2.24) is 14.8 Å². The molecule has 2 N–H and O–H groups in total. The number of hydrogen-bond donors (Lipinski definition) is 1. The third kappa shape index (κ3) is 2.20. The van der Waals surface area contributed by atoms with Crippen LogP contribution in [-0.2, 0) is 13.0 Å².